The number of H-pyrrole nitrogens is 1. The molecule has 0 atom stereocenters. The van der Waals surface area contributed by atoms with Crippen molar-refractivity contribution in [3.05, 3.63) is 80.4 Å². The molecule has 0 fully saturated rings. The van der Waals surface area contributed by atoms with Crippen LogP contribution >= 0.6 is 0 Å². The molecule has 0 aliphatic carbocycles. The topological polar surface area (TPSA) is 85.6 Å². The summed E-state index contributed by atoms with van der Waals surface area (Å²) >= 11 is 0. The summed E-state index contributed by atoms with van der Waals surface area (Å²) in [5.74, 6) is -1.01. The molecular weight excluding hydrogens is 406 g/mol. The molecule has 0 unspecified atom stereocenters. The average molecular weight is 419 g/mol. The highest BCUT2D eigenvalue weighted by Gasteiger charge is 2.33. The maximum absolute atomic E-state index is 14.6. The van der Waals surface area contributed by atoms with Gasteiger partial charge in [-0.1, -0.05) is 24.3 Å². The second-order valence-corrected chi connectivity index (χ2v) is 6.48. The molecule has 0 amide bonds. The summed E-state index contributed by atoms with van der Waals surface area (Å²) < 4.78 is 54.8. The standard InChI is InChI=1S/C19H13F4N5O2/c1-2-10-4-3-5-11(6-10)28-15-8-14(12(20)7-13(15)25-26-28)27-17(29)9-16(19(21,22)23)24-18(27)30/h3-9H,2H2,1H3,(H,24,30). The number of halogens is 4. The van der Waals surface area contributed by atoms with Gasteiger partial charge in [0.15, 0.2) is 0 Å². The van der Waals surface area contributed by atoms with Gasteiger partial charge in [-0.2, -0.15) is 13.2 Å². The molecule has 2 heterocycles. The molecule has 0 radical (unpaired) electrons. The monoisotopic (exact) mass is 419 g/mol. The van der Waals surface area contributed by atoms with Gasteiger partial charge >= 0.3 is 11.9 Å². The van der Waals surface area contributed by atoms with Crippen LogP contribution in [-0.2, 0) is 12.6 Å². The zero-order valence-corrected chi connectivity index (χ0v) is 15.4. The van der Waals surface area contributed by atoms with Crippen molar-refractivity contribution in [3.8, 4) is 11.4 Å². The van der Waals surface area contributed by atoms with E-state index in [0.717, 1.165) is 24.1 Å². The summed E-state index contributed by atoms with van der Waals surface area (Å²) in [5.41, 5.74) is -2.73. The fourth-order valence-electron chi connectivity index (χ4n) is 3.08. The molecule has 7 nitrogen and oxygen atoms in total. The number of alkyl halides is 3. The Kier molecular flexibility index (Phi) is 4.52. The summed E-state index contributed by atoms with van der Waals surface area (Å²) in [6, 6.07) is 9.60. The number of benzene rings is 2. The van der Waals surface area contributed by atoms with Gasteiger partial charge in [0.2, 0.25) is 0 Å². The molecule has 30 heavy (non-hydrogen) atoms. The van der Waals surface area contributed by atoms with Gasteiger partial charge in [0, 0.05) is 12.1 Å². The van der Waals surface area contributed by atoms with Crippen molar-refractivity contribution < 1.29 is 17.6 Å². The van der Waals surface area contributed by atoms with Crippen molar-refractivity contribution in [1.29, 1.82) is 0 Å². The smallest absolute Gasteiger partial charge is 0.303 e. The van der Waals surface area contributed by atoms with Crippen LogP contribution in [0.15, 0.2) is 52.1 Å². The van der Waals surface area contributed by atoms with Crippen LogP contribution in [0.25, 0.3) is 22.4 Å². The maximum atomic E-state index is 14.6. The lowest BCUT2D eigenvalue weighted by atomic mass is 10.1. The zero-order chi connectivity index (χ0) is 21.6. The second-order valence-electron chi connectivity index (χ2n) is 6.48. The molecule has 2 aromatic carbocycles. The zero-order valence-electron chi connectivity index (χ0n) is 15.4. The van der Waals surface area contributed by atoms with Crippen molar-refractivity contribution in [3.63, 3.8) is 0 Å². The van der Waals surface area contributed by atoms with Gasteiger partial charge in [-0.05, 0) is 30.2 Å². The normalized spacial score (nSPS) is 11.9. The Hall–Kier alpha value is -3.76. The first-order chi connectivity index (χ1) is 14.2. The number of fused-ring (bicyclic) bond motifs is 1. The Morgan fingerprint density at radius 1 is 1.10 bits per heavy atom. The Morgan fingerprint density at radius 3 is 2.53 bits per heavy atom. The average Bonchev–Trinajstić information content (AvgIpc) is 3.09. The van der Waals surface area contributed by atoms with E-state index in [4.69, 9.17) is 0 Å². The summed E-state index contributed by atoms with van der Waals surface area (Å²) in [6.45, 7) is 1.97. The molecule has 0 aliphatic rings. The van der Waals surface area contributed by atoms with Crippen molar-refractivity contribution in [2.45, 2.75) is 19.5 Å². The fraction of sp³-hybridized carbons (Fsp3) is 0.158. The SMILES string of the molecule is CCc1cccc(-n2nnc3cc(F)c(-n4c(=O)cc(C(F)(F)F)[nH]c4=O)cc32)c1. The third-order valence-corrected chi connectivity index (χ3v) is 4.56. The van der Waals surface area contributed by atoms with Gasteiger partial charge < -0.3 is 4.98 Å². The van der Waals surface area contributed by atoms with E-state index in [0.29, 0.717) is 10.3 Å². The van der Waals surface area contributed by atoms with Gasteiger partial charge in [0.25, 0.3) is 5.56 Å². The quantitative estimate of drug-likeness (QED) is 0.518. The number of aromatic amines is 1. The molecular formula is C19H13F4N5O2. The van der Waals surface area contributed by atoms with E-state index in [1.54, 1.807) is 17.1 Å². The van der Waals surface area contributed by atoms with Crippen molar-refractivity contribution in [2.75, 3.05) is 0 Å². The van der Waals surface area contributed by atoms with E-state index in [-0.39, 0.29) is 17.1 Å². The van der Waals surface area contributed by atoms with Crippen molar-refractivity contribution in [2.24, 2.45) is 0 Å². The van der Waals surface area contributed by atoms with Crippen LogP contribution in [0.3, 0.4) is 0 Å². The summed E-state index contributed by atoms with van der Waals surface area (Å²) in [7, 11) is 0. The van der Waals surface area contributed by atoms with Crippen LogP contribution < -0.4 is 11.2 Å². The third kappa shape index (κ3) is 3.27. The Morgan fingerprint density at radius 2 is 1.87 bits per heavy atom. The molecule has 2 aromatic heterocycles. The summed E-state index contributed by atoms with van der Waals surface area (Å²) in [6.07, 6.45) is -4.16. The molecule has 0 aliphatic heterocycles. The molecule has 0 bridgehead atoms. The predicted molar refractivity (Wildman–Crippen MR) is 99.4 cm³/mol. The molecule has 1 N–H and O–H groups in total. The minimum atomic E-state index is -4.92. The number of aryl methyl sites for hydroxylation is 1. The largest absolute Gasteiger partial charge is 0.431 e. The van der Waals surface area contributed by atoms with Gasteiger partial charge in [0.1, 0.15) is 17.0 Å². The first-order valence-electron chi connectivity index (χ1n) is 8.77. The predicted octanol–water partition coefficient (Wildman–Crippen LogP) is 2.98. The van der Waals surface area contributed by atoms with Crippen molar-refractivity contribution >= 4 is 11.0 Å². The van der Waals surface area contributed by atoms with E-state index in [9.17, 15) is 27.2 Å². The molecule has 0 spiro atoms. The highest BCUT2D eigenvalue weighted by atomic mass is 19.4. The number of hydrogen-bond donors (Lipinski definition) is 1. The van der Waals surface area contributed by atoms with Crippen LogP contribution in [0, 0.1) is 5.82 Å². The van der Waals surface area contributed by atoms with Crippen LogP contribution in [0.5, 0.6) is 0 Å². The van der Waals surface area contributed by atoms with Crippen LogP contribution in [0.4, 0.5) is 17.6 Å². The molecule has 0 saturated carbocycles. The Balaban J connectivity index is 1.94. The van der Waals surface area contributed by atoms with E-state index in [1.807, 2.05) is 19.1 Å². The number of nitrogens with zero attached hydrogens (tertiary/aromatic N) is 4. The molecule has 4 rings (SSSR count). The lowest BCUT2D eigenvalue weighted by Gasteiger charge is -2.10. The molecule has 4 aromatic rings. The van der Waals surface area contributed by atoms with E-state index in [2.05, 4.69) is 10.3 Å². The molecule has 154 valence electrons. The van der Waals surface area contributed by atoms with Gasteiger partial charge in [-0.25, -0.2) is 18.4 Å². The van der Waals surface area contributed by atoms with Crippen LogP contribution in [0.1, 0.15) is 18.2 Å². The van der Waals surface area contributed by atoms with E-state index >= 15 is 0 Å². The van der Waals surface area contributed by atoms with Gasteiger partial charge in [-0.3, -0.25) is 4.79 Å². The minimum Gasteiger partial charge on any atom is -0.303 e. The Labute approximate surface area is 165 Å². The first kappa shape index (κ1) is 19.6. The fourth-order valence-corrected chi connectivity index (χ4v) is 3.08. The molecule has 11 heteroatoms. The third-order valence-electron chi connectivity index (χ3n) is 4.56. The number of nitrogens with one attached hydrogen (secondary N) is 1. The maximum Gasteiger partial charge on any atom is 0.431 e. The second kappa shape index (κ2) is 6.94. The van der Waals surface area contributed by atoms with E-state index < -0.39 is 34.6 Å². The van der Waals surface area contributed by atoms with E-state index in [1.165, 1.54) is 4.68 Å². The van der Waals surface area contributed by atoms with Crippen LogP contribution in [0.2, 0.25) is 0 Å². The van der Waals surface area contributed by atoms with Crippen LogP contribution in [-0.4, -0.2) is 24.5 Å². The number of hydrogen-bond acceptors (Lipinski definition) is 4. The lowest BCUT2D eigenvalue weighted by Crippen LogP contribution is -2.36. The number of rotatable bonds is 3. The first-order valence-corrected chi connectivity index (χ1v) is 8.77. The highest BCUT2D eigenvalue weighted by Crippen LogP contribution is 2.26. The minimum absolute atomic E-state index is 0.148. The highest BCUT2D eigenvalue weighted by molar-refractivity contribution is 5.79. The molecule has 0 saturated heterocycles. The number of aromatic nitrogens is 5. The van der Waals surface area contributed by atoms with Crippen molar-refractivity contribution in [1.82, 2.24) is 24.5 Å². The Bertz CT molecular complexity index is 1350. The lowest BCUT2D eigenvalue weighted by molar-refractivity contribution is -0.141. The van der Waals surface area contributed by atoms with Gasteiger partial charge in [0.05, 0.1) is 16.9 Å². The summed E-state index contributed by atoms with van der Waals surface area (Å²) in [5, 5.41) is 7.87. The summed E-state index contributed by atoms with van der Waals surface area (Å²) in [4.78, 5) is 26.0. The van der Waals surface area contributed by atoms with Gasteiger partial charge in [-0.15, -0.1) is 5.10 Å².